The number of hydrogen-bond acceptors (Lipinski definition) is 7. The molecule has 0 spiro atoms. The first-order valence-electron chi connectivity index (χ1n) is 15.3. The summed E-state index contributed by atoms with van der Waals surface area (Å²) in [5, 5.41) is 28.3. The third-order valence-corrected chi connectivity index (χ3v) is 7.05. The second-order valence-corrected chi connectivity index (χ2v) is 10.9. The molecule has 2 heterocycles. The maximum Gasteiger partial charge on any atom is 0.335 e. The molecule has 4 N–H and O–H groups in total. The number of benzene rings is 4. The van der Waals surface area contributed by atoms with Gasteiger partial charge in [-0.25, -0.2) is 23.5 Å². The van der Waals surface area contributed by atoms with Gasteiger partial charge in [-0.3, -0.25) is 4.79 Å². The van der Waals surface area contributed by atoms with E-state index in [1.54, 1.807) is 60.9 Å². The van der Waals surface area contributed by atoms with Crippen LogP contribution in [0.3, 0.4) is 0 Å². The van der Waals surface area contributed by atoms with Crippen molar-refractivity contribution in [2.45, 2.75) is 12.8 Å². The second-order valence-electron chi connectivity index (χ2n) is 10.9. The van der Waals surface area contributed by atoms with Crippen LogP contribution in [0.5, 0.6) is 0 Å². The van der Waals surface area contributed by atoms with Gasteiger partial charge in [0.2, 0.25) is 0 Å². The lowest BCUT2D eigenvalue weighted by Gasteiger charge is -2.06. The molecule has 6 rings (SSSR count). The summed E-state index contributed by atoms with van der Waals surface area (Å²) in [6.45, 7) is 0. The summed E-state index contributed by atoms with van der Waals surface area (Å²) in [5.74, 6) is -0.827. The number of carboxylic acid groups (broad SMARTS) is 1. The monoisotopic (exact) mass is 680 g/mol. The van der Waals surface area contributed by atoms with Crippen LogP contribution in [0.15, 0.2) is 134 Å². The van der Waals surface area contributed by atoms with Crippen LogP contribution in [0, 0.1) is 34.3 Å². The third kappa shape index (κ3) is 12.1. The normalized spacial score (nSPS) is 9.80. The van der Waals surface area contributed by atoms with Gasteiger partial charge < -0.3 is 16.2 Å². The minimum atomic E-state index is -0.977. The Morgan fingerprint density at radius 3 is 1.55 bits per heavy atom. The lowest BCUT2D eigenvalue weighted by Crippen LogP contribution is -2.12. The molecular weight excluding hydrogens is 650 g/mol. The second kappa shape index (κ2) is 18.3. The van der Waals surface area contributed by atoms with E-state index >= 15 is 0 Å². The van der Waals surface area contributed by atoms with Crippen LogP contribution < -0.4 is 11.1 Å². The van der Waals surface area contributed by atoms with Crippen molar-refractivity contribution in [3.8, 4) is 12.1 Å². The Bertz CT molecular complexity index is 2160. The Labute approximate surface area is 292 Å². The Kier molecular flexibility index (Phi) is 13.2. The van der Waals surface area contributed by atoms with Crippen LogP contribution >= 0.6 is 0 Å². The van der Waals surface area contributed by atoms with E-state index in [1.165, 1.54) is 48.5 Å². The van der Waals surface area contributed by atoms with E-state index in [1.807, 2.05) is 36.4 Å². The fourth-order valence-corrected chi connectivity index (χ4v) is 4.48. The summed E-state index contributed by atoms with van der Waals surface area (Å²) < 4.78 is 26.1. The summed E-state index contributed by atoms with van der Waals surface area (Å²) in [7, 11) is 0. The molecule has 0 fully saturated rings. The molecule has 9 nitrogen and oxygen atoms in total. The van der Waals surface area contributed by atoms with Crippen molar-refractivity contribution in [2.24, 2.45) is 0 Å². The van der Waals surface area contributed by atoms with Gasteiger partial charge in [0.05, 0.1) is 28.8 Å². The van der Waals surface area contributed by atoms with Crippen molar-refractivity contribution in [3.63, 3.8) is 0 Å². The molecule has 1 amide bonds. The Morgan fingerprint density at radius 1 is 0.647 bits per heavy atom. The van der Waals surface area contributed by atoms with Crippen LogP contribution in [0.25, 0.3) is 0 Å². The number of anilines is 2. The first kappa shape index (κ1) is 36.6. The van der Waals surface area contributed by atoms with Crippen molar-refractivity contribution in [1.82, 2.24) is 9.97 Å². The topological polar surface area (TPSA) is 166 Å². The molecule has 0 unspecified atom stereocenters. The molecule has 0 aliphatic rings. The van der Waals surface area contributed by atoms with E-state index in [4.69, 9.17) is 21.4 Å². The highest BCUT2D eigenvalue weighted by Gasteiger charge is 2.07. The molecule has 0 aliphatic carbocycles. The number of nitriles is 2. The Hall–Kier alpha value is -7.24. The number of amides is 1. The van der Waals surface area contributed by atoms with Gasteiger partial charge in [-0.15, -0.1) is 0 Å². The molecule has 0 bridgehead atoms. The fraction of sp³-hybridized carbons (Fsp3) is 0.0500. The Morgan fingerprint density at radius 2 is 1.14 bits per heavy atom. The quantitative estimate of drug-likeness (QED) is 0.155. The summed E-state index contributed by atoms with van der Waals surface area (Å²) in [4.78, 5) is 30.7. The minimum absolute atomic E-state index is 0.198. The van der Waals surface area contributed by atoms with Gasteiger partial charge in [-0.1, -0.05) is 36.4 Å². The van der Waals surface area contributed by atoms with E-state index in [2.05, 4.69) is 15.3 Å². The summed E-state index contributed by atoms with van der Waals surface area (Å²) in [6.07, 6.45) is 4.60. The number of carboxylic acids is 1. The number of carbonyl (C=O) groups excluding carboxylic acids is 1. The summed E-state index contributed by atoms with van der Waals surface area (Å²) in [6, 6.07) is 36.2. The number of nitrogens with zero attached hydrogens (tertiary/aromatic N) is 4. The van der Waals surface area contributed by atoms with Gasteiger partial charge in [0.1, 0.15) is 23.3 Å². The highest BCUT2D eigenvalue weighted by Crippen LogP contribution is 2.14. The number of rotatable bonds is 7. The number of halogens is 2. The van der Waals surface area contributed by atoms with E-state index in [-0.39, 0.29) is 23.1 Å². The molecule has 0 atom stereocenters. The van der Waals surface area contributed by atoms with Crippen molar-refractivity contribution in [1.29, 1.82) is 10.5 Å². The van der Waals surface area contributed by atoms with Crippen LogP contribution in [0.4, 0.5) is 20.4 Å². The van der Waals surface area contributed by atoms with Gasteiger partial charge in [0, 0.05) is 18.0 Å². The van der Waals surface area contributed by atoms with E-state index < -0.39 is 5.97 Å². The number of pyridine rings is 2. The third-order valence-electron chi connectivity index (χ3n) is 7.05. The minimum Gasteiger partial charge on any atom is -0.478 e. The average molecular weight is 681 g/mol. The van der Waals surface area contributed by atoms with Crippen LogP contribution in [-0.2, 0) is 12.8 Å². The van der Waals surface area contributed by atoms with E-state index in [9.17, 15) is 18.4 Å². The van der Waals surface area contributed by atoms with E-state index in [0.29, 0.717) is 41.2 Å². The summed E-state index contributed by atoms with van der Waals surface area (Å²) in [5.41, 5.74) is 10.8. The molecule has 0 saturated carbocycles. The molecule has 51 heavy (non-hydrogen) atoms. The maximum atomic E-state index is 13.2. The number of nitrogen functional groups attached to an aromatic ring is 1. The van der Waals surface area contributed by atoms with Crippen LogP contribution in [0.1, 0.15) is 54.1 Å². The zero-order chi connectivity index (χ0) is 36.6. The molecule has 0 radical (unpaired) electrons. The number of nitrogens with one attached hydrogen (secondary N) is 1. The van der Waals surface area contributed by atoms with Gasteiger partial charge in [-0.05, 0) is 120 Å². The van der Waals surface area contributed by atoms with E-state index in [0.717, 1.165) is 22.3 Å². The summed E-state index contributed by atoms with van der Waals surface area (Å²) >= 11 is 0. The molecule has 2 aromatic heterocycles. The highest BCUT2D eigenvalue weighted by atomic mass is 19.1. The molecular formula is C40H30F2N6O3. The van der Waals surface area contributed by atoms with Crippen molar-refractivity contribution < 1.29 is 23.5 Å². The smallest absolute Gasteiger partial charge is 0.335 e. The zero-order valence-electron chi connectivity index (χ0n) is 27.0. The predicted octanol–water partition coefficient (Wildman–Crippen LogP) is 7.59. The van der Waals surface area contributed by atoms with Crippen molar-refractivity contribution in [2.75, 3.05) is 11.1 Å². The lowest BCUT2D eigenvalue weighted by molar-refractivity contribution is 0.0696. The highest BCUT2D eigenvalue weighted by molar-refractivity contribution is 6.03. The lowest BCUT2D eigenvalue weighted by atomic mass is 10.1. The van der Waals surface area contributed by atoms with Crippen LogP contribution in [-0.4, -0.2) is 27.0 Å². The van der Waals surface area contributed by atoms with Gasteiger partial charge in [-0.2, -0.15) is 10.5 Å². The number of nitrogens with two attached hydrogens (primary N) is 1. The first-order chi connectivity index (χ1) is 24.6. The fourth-order valence-electron chi connectivity index (χ4n) is 4.48. The van der Waals surface area contributed by atoms with Gasteiger partial charge in [0.25, 0.3) is 5.91 Å². The predicted molar refractivity (Wildman–Crippen MR) is 189 cm³/mol. The SMILES string of the molecule is N#Cc1ccc(C(=O)Nc2ccc(Cc3cccc(F)c3)cn2)cc1.N#Cc1ccc(C(=O)O)cc1.Nc1ccc(Cc2cccc(F)c2)cn1. The van der Waals surface area contributed by atoms with Crippen molar-refractivity contribution >= 4 is 23.5 Å². The number of aromatic carboxylic acids is 1. The molecule has 11 heteroatoms. The number of aromatic nitrogens is 2. The number of hydrogen-bond donors (Lipinski definition) is 3. The molecule has 4 aromatic carbocycles. The molecule has 252 valence electrons. The maximum absolute atomic E-state index is 13.2. The molecule has 0 aliphatic heterocycles. The molecule has 0 saturated heterocycles. The van der Waals surface area contributed by atoms with Crippen LogP contribution in [0.2, 0.25) is 0 Å². The van der Waals surface area contributed by atoms with Gasteiger partial charge in [0.15, 0.2) is 0 Å². The first-order valence-corrected chi connectivity index (χ1v) is 15.3. The standard InChI is InChI=1S/C20H14FN3O.C12H11FN2.C8H5NO2/c21-18-3-1-2-15(11-18)10-16-6-9-19(23-13-16)24-20(25)17-7-4-14(12-22)5-8-17;13-11-3-1-2-9(7-11)6-10-4-5-12(14)15-8-10;9-5-6-1-3-7(4-2-6)8(10)11/h1-9,11,13H,10H2,(H,23,24,25);1-5,7-8H,6H2,(H2,14,15);1-4H,(H,10,11). The van der Waals surface area contributed by atoms with Crippen molar-refractivity contribution in [3.05, 3.63) is 190 Å². The number of carbonyl (C=O) groups is 2. The largest absolute Gasteiger partial charge is 0.478 e. The van der Waals surface area contributed by atoms with Gasteiger partial charge >= 0.3 is 5.97 Å². The molecule has 6 aromatic rings. The Balaban J connectivity index is 0.000000190. The zero-order valence-corrected chi connectivity index (χ0v) is 27.0. The average Bonchev–Trinajstić information content (AvgIpc) is 3.14.